The molecule has 1 aliphatic rings. The second kappa shape index (κ2) is 6.27. The maximum atomic E-state index is 12.0. The van der Waals surface area contributed by atoms with E-state index >= 15 is 0 Å². The van der Waals surface area contributed by atoms with E-state index in [1.54, 1.807) is 30.0 Å². The molecule has 0 aliphatic carbocycles. The summed E-state index contributed by atoms with van der Waals surface area (Å²) < 4.78 is 29.3. The van der Waals surface area contributed by atoms with Crippen LogP contribution < -0.4 is 9.64 Å². The fraction of sp³-hybridized carbons (Fsp3) is 0.500. The Labute approximate surface area is 129 Å². The molecular weight excluding hydrogens is 310 g/mol. The van der Waals surface area contributed by atoms with Crippen LogP contribution in [0.15, 0.2) is 18.2 Å². The standard InChI is InChI=1S/C14H19NO4S2/c1-10(16)14-11(5-4-6-12(14)19-2)15-7-8-20-9-13(15)21(3,17)18/h4-6,13H,7-9H2,1-3H3. The van der Waals surface area contributed by atoms with Crippen LogP contribution in [0.2, 0.25) is 0 Å². The van der Waals surface area contributed by atoms with Crippen molar-refractivity contribution in [3.8, 4) is 5.75 Å². The highest BCUT2D eigenvalue weighted by Crippen LogP contribution is 2.34. The Balaban J connectivity index is 2.56. The third kappa shape index (κ3) is 3.35. The van der Waals surface area contributed by atoms with Crippen LogP contribution in [0.5, 0.6) is 5.75 Å². The molecule has 116 valence electrons. The molecule has 1 fully saturated rings. The lowest BCUT2D eigenvalue weighted by Gasteiger charge is -2.37. The summed E-state index contributed by atoms with van der Waals surface area (Å²) in [6.07, 6.45) is 1.24. The van der Waals surface area contributed by atoms with Gasteiger partial charge < -0.3 is 9.64 Å². The topological polar surface area (TPSA) is 63.7 Å². The summed E-state index contributed by atoms with van der Waals surface area (Å²) in [7, 11) is -1.73. The highest BCUT2D eigenvalue weighted by Gasteiger charge is 2.33. The summed E-state index contributed by atoms with van der Waals surface area (Å²) in [5.74, 6) is 1.69. The second-order valence-corrected chi connectivity index (χ2v) is 8.32. The summed E-state index contributed by atoms with van der Waals surface area (Å²) in [5, 5.41) is -0.610. The number of sulfone groups is 1. The number of rotatable bonds is 4. The first-order chi connectivity index (χ1) is 9.86. The Hall–Kier alpha value is -1.21. The quantitative estimate of drug-likeness (QED) is 0.785. The van der Waals surface area contributed by atoms with Crippen LogP contribution in [0.3, 0.4) is 0 Å². The number of hydrogen-bond acceptors (Lipinski definition) is 6. The van der Waals surface area contributed by atoms with Crippen molar-refractivity contribution in [2.75, 3.05) is 36.3 Å². The minimum absolute atomic E-state index is 0.132. The minimum atomic E-state index is -3.23. The summed E-state index contributed by atoms with van der Waals surface area (Å²) in [4.78, 5) is 13.8. The van der Waals surface area contributed by atoms with Crippen molar-refractivity contribution in [2.24, 2.45) is 0 Å². The van der Waals surface area contributed by atoms with Gasteiger partial charge in [0.15, 0.2) is 15.6 Å². The normalized spacial score (nSPS) is 19.4. The van der Waals surface area contributed by atoms with E-state index in [0.717, 1.165) is 5.75 Å². The molecule has 0 saturated carbocycles. The van der Waals surface area contributed by atoms with Crippen molar-refractivity contribution < 1.29 is 17.9 Å². The van der Waals surface area contributed by atoms with Crippen LogP contribution in [0.4, 0.5) is 5.69 Å². The Morgan fingerprint density at radius 2 is 2.14 bits per heavy atom. The number of thioether (sulfide) groups is 1. The van der Waals surface area contributed by atoms with E-state index in [9.17, 15) is 13.2 Å². The molecular formula is C14H19NO4S2. The molecule has 0 N–H and O–H groups in total. The zero-order valence-electron chi connectivity index (χ0n) is 12.3. The van der Waals surface area contributed by atoms with Gasteiger partial charge in [-0.1, -0.05) is 6.07 Å². The smallest absolute Gasteiger partial charge is 0.169 e. The molecule has 21 heavy (non-hydrogen) atoms. The molecule has 1 saturated heterocycles. The third-order valence-corrected chi connectivity index (χ3v) is 6.11. The van der Waals surface area contributed by atoms with Crippen LogP contribution in [0.1, 0.15) is 17.3 Å². The Bertz CT molecular complexity index is 642. The highest BCUT2D eigenvalue weighted by molar-refractivity contribution is 8.01. The van der Waals surface area contributed by atoms with Crippen LogP contribution in [-0.4, -0.2) is 51.0 Å². The average Bonchev–Trinajstić information content (AvgIpc) is 2.45. The number of nitrogens with zero attached hydrogens (tertiary/aromatic N) is 1. The summed E-state index contributed by atoms with van der Waals surface area (Å²) >= 11 is 1.62. The number of ketones is 1. The van der Waals surface area contributed by atoms with Gasteiger partial charge in [0.2, 0.25) is 0 Å². The van der Waals surface area contributed by atoms with Gasteiger partial charge in [0.25, 0.3) is 0 Å². The van der Waals surface area contributed by atoms with E-state index < -0.39 is 15.2 Å². The first-order valence-electron chi connectivity index (χ1n) is 6.57. The van der Waals surface area contributed by atoms with Crippen molar-refractivity contribution in [1.29, 1.82) is 0 Å². The lowest BCUT2D eigenvalue weighted by Crippen LogP contribution is -2.47. The molecule has 7 heteroatoms. The number of hydrogen-bond donors (Lipinski definition) is 0. The second-order valence-electron chi connectivity index (χ2n) is 4.96. The molecule has 0 aromatic heterocycles. The monoisotopic (exact) mass is 329 g/mol. The van der Waals surface area contributed by atoms with Crippen LogP contribution >= 0.6 is 11.8 Å². The molecule has 5 nitrogen and oxygen atoms in total. The summed E-state index contributed by atoms with van der Waals surface area (Å²) in [6, 6.07) is 5.28. The van der Waals surface area contributed by atoms with Crippen molar-refractivity contribution in [3.63, 3.8) is 0 Å². The Morgan fingerprint density at radius 3 is 2.71 bits per heavy atom. The van der Waals surface area contributed by atoms with E-state index in [-0.39, 0.29) is 5.78 Å². The molecule has 1 aromatic carbocycles. The van der Waals surface area contributed by atoms with Crippen molar-refractivity contribution in [2.45, 2.75) is 12.3 Å². The van der Waals surface area contributed by atoms with E-state index in [1.165, 1.54) is 20.3 Å². The third-order valence-electron chi connectivity index (χ3n) is 3.46. The van der Waals surface area contributed by atoms with Crippen LogP contribution in [-0.2, 0) is 9.84 Å². The number of ether oxygens (including phenoxy) is 1. The average molecular weight is 329 g/mol. The van der Waals surface area contributed by atoms with Gasteiger partial charge in [0, 0.05) is 24.3 Å². The molecule has 1 aliphatic heterocycles. The fourth-order valence-electron chi connectivity index (χ4n) is 2.49. The fourth-order valence-corrected chi connectivity index (χ4v) is 5.33. The molecule has 1 aromatic rings. The van der Waals surface area contributed by atoms with E-state index in [4.69, 9.17) is 4.74 Å². The Morgan fingerprint density at radius 1 is 1.43 bits per heavy atom. The molecule has 1 unspecified atom stereocenters. The lowest BCUT2D eigenvalue weighted by molar-refractivity contribution is 0.101. The first kappa shape index (κ1) is 16.2. The molecule has 0 spiro atoms. The molecule has 2 rings (SSSR count). The predicted molar refractivity (Wildman–Crippen MR) is 86.3 cm³/mol. The van der Waals surface area contributed by atoms with Crippen molar-refractivity contribution in [3.05, 3.63) is 23.8 Å². The maximum absolute atomic E-state index is 12.0. The number of carbonyl (C=O) groups excluding carboxylic acids is 1. The molecule has 0 amide bonds. The minimum Gasteiger partial charge on any atom is -0.496 e. The van der Waals surface area contributed by atoms with E-state index in [2.05, 4.69) is 0 Å². The summed E-state index contributed by atoms with van der Waals surface area (Å²) in [5.41, 5.74) is 1.08. The van der Waals surface area contributed by atoms with Gasteiger partial charge in [-0.05, 0) is 19.1 Å². The molecule has 0 bridgehead atoms. The van der Waals surface area contributed by atoms with Gasteiger partial charge in [-0.2, -0.15) is 11.8 Å². The largest absolute Gasteiger partial charge is 0.496 e. The lowest BCUT2D eigenvalue weighted by atomic mass is 10.1. The Kier molecular flexibility index (Phi) is 4.83. The van der Waals surface area contributed by atoms with E-state index in [1.807, 2.05) is 4.90 Å². The molecule has 1 atom stereocenters. The maximum Gasteiger partial charge on any atom is 0.169 e. The van der Waals surface area contributed by atoms with Gasteiger partial charge in [0.05, 0.1) is 18.4 Å². The van der Waals surface area contributed by atoms with E-state index in [0.29, 0.717) is 29.3 Å². The number of benzene rings is 1. The van der Waals surface area contributed by atoms with Crippen molar-refractivity contribution >= 4 is 33.1 Å². The van der Waals surface area contributed by atoms with Gasteiger partial charge >= 0.3 is 0 Å². The molecule has 0 radical (unpaired) electrons. The predicted octanol–water partition coefficient (Wildman–Crippen LogP) is 1.82. The SMILES string of the molecule is COc1cccc(N2CCSCC2S(C)(=O)=O)c1C(C)=O. The van der Waals surface area contributed by atoms with Crippen molar-refractivity contribution in [1.82, 2.24) is 0 Å². The highest BCUT2D eigenvalue weighted by atomic mass is 32.2. The van der Waals surface area contributed by atoms with Gasteiger partial charge in [-0.15, -0.1) is 0 Å². The number of methoxy groups -OCH3 is 1. The summed E-state index contributed by atoms with van der Waals surface area (Å²) in [6.45, 7) is 2.06. The van der Waals surface area contributed by atoms with Gasteiger partial charge in [0.1, 0.15) is 11.1 Å². The number of Topliss-reactive ketones (excluding diaryl/α,β-unsaturated/α-hetero) is 1. The molecule has 1 heterocycles. The van der Waals surface area contributed by atoms with Gasteiger partial charge in [-0.3, -0.25) is 4.79 Å². The van der Waals surface area contributed by atoms with Gasteiger partial charge in [-0.25, -0.2) is 8.42 Å². The number of carbonyl (C=O) groups is 1. The van der Waals surface area contributed by atoms with Crippen LogP contribution in [0, 0.1) is 0 Å². The zero-order valence-corrected chi connectivity index (χ0v) is 14.0. The zero-order chi connectivity index (χ0) is 15.6. The van der Waals surface area contributed by atoms with Crippen LogP contribution in [0.25, 0.3) is 0 Å². The first-order valence-corrected chi connectivity index (χ1v) is 9.68. The number of anilines is 1.